The van der Waals surface area contributed by atoms with E-state index in [1.54, 1.807) is 0 Å². The molecule has 20 heavy (non-hydrogen) atoms. The van der Waals surface area contributed by atoms with Crippen LogP contribution in [0.25, 0.3) is 0 Å². The van der Waals surface area contributed by atoms with Crippen molar-refractivity contribution in [2.75, 3.05) is 13.1 Å². The van der Waals surface area contributed by atoms with Crippen molar-refractivity contribution in [3.63, 3.8) is 0 Å². The molecule has 1 aromatic carbocycles. The Kier molecular flexibility index (Phi) is 4.21. The highest BCUT2D eigenvalue weighted by Gasteiger charge is 2.19. The van der Waals surface area contributed by atoms with E-state index >= 15 is 0 Å². The summed E-state index contributed by atoms with van der Waals surface area (Å²) in [6.45, 7) is 1.99. The minimum Gasteiger partial charge on any atom is -0.341 e. The van der Waals surface area contributed by atoms with Crippen LogP contribution >= 0.6 is 0 Å². The van der Waals surface area contributed by atoms with E-state index in [9.17, 15) is 0 Å². The van der Waals surface area contributed by atoms with Gasteiger partial charge in [-0.3, -0.25) is 5.43 Å². The van der Waals surface area contributed by atoms with Crippen LogP contribution in [0.5, 0.6) is 0 Å². The Morgan fingerprint density at radius 3 is 2.25 bits per heavy atom. The first-order chi connectivity index (χ1) is 9.86. The first-order valence-electron chi connectivity index (χ1n) is 7.73. The highest BCUT2D eigenvalue weighted by atomic mass is 15.4. The molecule has 0 amide bonds. The van der Waals surface area contributed by atoms with Crippen molar-refractivity contribution in [1.82, 2.24) is 10.3 Å². The summed E-state index contributed by atoms with van der Waals surface area (Å²) >= 11 is 0. The zero-order valence-corrected chi connectivity index (χ0v) is 12.0. The summed E-state index contributed by atoms with van der Waals surface area (Å²) in [5.41, 5.74) is 5.76. The summed E-state index contributed by atoms with van der Waals surface area (Å²) in [4.78, 5) is 7.13. The van der Waals surface area contributed by atoms with E-state index in [0.717, 1.165) is 31.9 Å². The molecule has 0 atom stereocenters. The summed E-state index contributed by atoms with van der Waals surface area (Å²) < 4.78 is 0. The summed E-state index contributed by atoms with van der Waals surface area (Å²) in [7, 11) is 0. The van der Waals surface area contributed by atoms with Gasteiger partial charge in [-0.2, -0.15) is 0 Å². The summed E-state index contributed by atoms with van der Waals surface area (Å²) in [6, 6.07) is 9.20. The molecular weight excluding hydrogens is 248 g/mol. The van der Waals surface area contributed by atoms with E-state index in [0.29, 0.717) is 6.04 Å². The molecule has 4 nitrogen and oxygen atoms in total. The number of fused-ring (bicyclic) bond motifs is 1. The van der Waals surface area contributed by atoms with E-state index in [1.165, 1.54) is 36.8 Å². The fourth-order valence-electron chi connectivity index (χ4n) is 3.30. The van der Waals surface area contributed by atoms with Gasteiger partial charge in [-0.25, -0.2) is 10.8 Å². The molecule has 0 aromatic heterocycles. The molecule has 108 valence electrons. The molecule has 1 aromatic rings. The third-order valence-corrected chi connectivity index (χ3v) is 4.48. The van der Waals surface area contributed by atoms with Crippen LogP contribution in [0.1, 0.15) is 36.8 Å². The first-order valence-corrected chi connectivity index (χ1v) is 7.73. The van der Waals surface area contributed by atoms with Gasteiger partial charge in [0.25, 0.3) is 0 Å². The number of nitrogens with one attached hydrogen (secondary N) is 1. The van der Waals surface area contributed by atoms with Crippen molar-refractivity contribution in [3.05, 3.63) is 35.4 Å². The fourth-order valence-corrected chi connectivity index (χ4v) is 3.30. The van der Waals surface area contributed by atoms with Crippen LogP contribution < -0.4 is 11.3 Å². The van der Waals surface area contributed by atoms with E-state index < -0.39 is 0 Å². The number of hydrazine groups is 1. The molecule has 1 aliphatic heterocycles. The van der Waals surface area contributed by atoms with Crippen molar-refractivity contribution in [1.29, 1.82) is 0 Å². The largest absolute Gasteiger partial charge is 0.341 e. The molecule has 1 heterocycles. The fraction of sp³-hybridized carbons (Fsp3) is 0.562. The molecular formula is C16H24N4. The zero-order chi connectivity index (χ0) is 13.8. The number of nitrogens with zero attached hydrogens (tertiary/aromatic N) is 2. The lowest BCUT2D eigenvalue weighted by Crippen LogP contribution is -2.46. The number of hydrogen-bond donors (Lipinski definition) is 2. The van der Waals surface area contributed by atoms with Gasteiger partial charge >= 0.3 is 0 Å². The van der Waals surface area contributed by atoms with Gasteiger partial charge in [0.05, 0.1) is 6.04 Å². The minimum atomic E-state index is 0.465. The molecule has 3 rings (SSSR count). The number of nitrogens with two attached hydrogens (primary N) is 1. The van der Waals surface area contributed by atoms with E-state index in [2.05, 4.69) is 34.6 Å². The first kappa shape index (κ1) is 13.4. The van der Waals surface area contributed by atoms with Crippen molar-refractivity contribution in [2.45, 2.75) is 44.6 Å². The maximum atomic E-state index is 5.72. The van der Waals surface area contributed by atoms with Crippen LogP contribution in [0, 0.1) is 0 Å². The third-order valence-electron chi connectivity index (χ3n) is 4.48. The second kappa shape index (κ2) is 6.27. The Labute approximate surface area is 121 Å². The van der Waals surface area contributed by atoms with E-state index in [1.807, 2.05) is 0 Å². The maximum absolute atomic E-state index is 5.72. The molecule has 0 saturated heterocycles. The Morgan fingerprint density at radius 1 is 1.10 bits per heavy atom. The molecule has 0 radical (unpaired) electrons. The van der Waals surface area contributed by atoms with Gasteiger partial charge < -0.3 is 4.90 Å². The Hall–Kier alpha value is -1.55. The monoisotopic (exact) mass is 272 g/mol. The lowest BCUT2D eigenvalue weighted by molar-refractivity contribution is 0.417. The lowest BCUT2D eigenvalue weighted by Gasteiger charge is -2.24. The molecule has 1 saturated carbocycles. The van der Waals surface area contributed by atoms with Crippen LogP contribution in [0.2, 0.25) is 0 Å². The number of benzene rings is 1. The second-order valence-corrected chi connectivity index (χ2v) is 5.79. The highest BCUT2D eigenvalue weighted by Crippen LogP contribution is 2.21. The van der Waals surface area contributed by atoms with Gasteiger partial charge in [0.1, 0.15) is 0 Å². The van der Waals surface area contributed by atoms with Gasteiger partial charge in [-0.1, -0.05) is 37.1 Å². The predicted molar refractivity (Wildman–Crippen MR) is 82.4 cm³/mol. The maximum Gasteiger partial charge on any atom is 0.208 e. The molecule has 0 spiro atoms. The number of guanidine groups is 1. The highest BCUT2D eigenvalue weighted by molar-refractivity contribution is 5.79. The Bertz CT molecular complexity index is 450. The van der Waals surface area contributed by atoms with Crippen LogP contribution in [-0.2, 0) is 12.8 Å². The summed E-state index contributed by atoms with van der Waals surface area (Å²) in [5.74, 6) is 6.59. The van der Waals surface area contributed by atoms with Crippen LogP contribution in [-0.4, -0.2) is 30.0 Å². The molecule has 0 bridgehead atoms. The molecule has 4 heteroatoms. The number of rotatable bonds is 1. The Balaban J connectivity index is 1.71. The quantitative estimate of drug-likeness (QED) is 0.355. The lowest BCUT2D eigenvalue weighted by atomic mass is 10.0. The third kappa shape index (κ3) is 2.96. The van der Waals surface area contributed by atoms with Crippen LogP contribution in [0.15, 0.2) is 29.3 Å². The second-order valence-electron chi connectivity index (χ2n) is 5.79. The van der Waals surface area contributed by atoms with Crippen molar-refractivity contribution in [3.8, 4) is 0 Å². The standard InChI is InChI=1S/C16H24N4/c17-19-16(18-15-7-3-4-8-15)20-11-9-13-5-1-2-6-14(13)10-12-20/h1-2,5-6,15H,3-4,7-12,17H2,(H,18,19). The molecule has 2 aliphatic rings. The Morgan fingerprint density at radius 2 is 1.70 bits per heavy atom. The van der Waals surface area contributed by atoms with Gasteiger partial charge in [-0.05, 0) is 36.8 Å². The SMILES string of the molecule is NNC(=NC1CCCC1)N1CCc2ccccc2CC1. The van der Waals surface area contributed by atoms with E-state index in [-0.39, 0.29) is 0 Å². The normalized spacial score (nSPS) is 20.6. The average molecular weight is 272 g/mol. The summed E-state index contributed by atoms with van der Waals surface area (Å²) in [6.07, 6.45) is 7.16. The van der Waals surface area contributed by atoms with Crippen LogP contribution in [0.4, 0.5) is 0 Å². The van der Waals surface area contributed by atoms with Gasteiger partial charge in [0.15, 0.2) is 0 Å². The zero-order valence-electron chi connectivity index (χ0n) is 12.0. The van der Waals surface area contributed by atoms with Crippen molar-refractivity contribution in [2.24, 2.45) is 10.8 Å². The molecule has 3 N–H and O–H groups in total. The van der Waals surface area contributed by atoms with Gasteiger partial charge in [0.2, 0.25) is 5.96 Å². The molecule has 1 fully saturated rings. The van der Waals surface area contributed by atoms with Gasteiger partial charge in [-0.15, -0.1) is 0 Å². The van der Waals surface area contributed by atoms with Crippen LogP contribution in [0.3, 0.4) is 0 Å². The minimum absolute atomic E-state index is 0.465. The summed E-state index contributed by atoms with van der Waals surface area (Å²) in [5, 5.41) is 0. The topological polar surface area (TPSA) is 53.6 Å². The van der Waals surface area contributed by atoms with E-state index in [4.69, 9.17) is 10.8 Å². The average Bonchev–Trinajstić information content (AvgIpc) is 2.90. The predicted octanol–water partition coefficient (Wildman–Crippen LogP) is 1.85. The van der Waals surface area contributed by atoms with Crippen molar-refractivity contribution >= 4 is 5.96 Å². The van der Waals surface area contributed by atoms with Gasteiger partial charge in [0, 0.05) is 13.1 Å². The smallest absolute Gasteiger partial charge is 0.208 e. The van der Waals surface area contributed by atoms with Crippen molar-refractivity contribution < 1.29 is 0 Å². The number of aliphatic imine (C=N–C) groups is 1. The molecule has 1 aliphatic carbocycles. The number of hydrogen-bond acceptors (Lipinski definition) is 2. The molecule has 0 unspecified atom stereocenters.